The molecule has 0 amide bonds. The number of halogens is 3. The lowest BCUT2D eigenvalue weighted by atomic mass is 10.2. The van der Waals surface area contributed by atoms with Gasteiger partial charge in [-0.1, -0.05) is 56.1 Å². The summed E-state index contributed by atoms with van der Waals surface area (Å²) in [4.78, 5) is 2.39. The minimum atomic E-state index is -3.84. The number of nitrogens with zero attached hydrogens (tertiary/aromatic N) is 3. The van der Waals surface area contributed by atoms with Crippen molar-refractivity contribution in [2.24, 2.45) is 4.52 Å². The van der Waals surface area contributed by atoms with Gasteiger partial charge in [-0.15, -0.1) is 0 Å². The van der Waals surface area contributed by atoms with Crippen molar-refractivity contribution in [1.82, 2.24) is 0 Å². The zero-order valence-electron chi connectivity index (χ0n) is 13.0. The highest BCUT2D eigenvalue weighted by atomic mass is 79.9. The molecule has 0 N–H and O–H groups in total. The van der Waals surface area contributed by atoms with Crippen molar-refractivity contribution in [3.63, 3.8) is 0 Å². The maximum absolute atomic E-state index is 11.2. The summed E-state index contributed by atoms with van der Waals surface area (Å²) in [6.45, 7) is 0. The van der Waals surface area contributed by atoms with Gasteiger partial charge in [-0.05, 0) is 40.9 Å². The van der Waals surface area contributed by atoms with Gasteiger partial charge in [0.05, 0.1) is 9.79 Å². The van der Waals surface area contributed by atoms with Crippen LogP contribution in [-0.4, -0.2) is 16.8 Å². The monoisotopic (exact) mass is 543 g/mol. The zero-order chi connectivity index (χ0) is 19.8. The van der Waals surface area contributed by atoms with Crippen molar-refractivity contribution < 1.29 is 16.8 Å². The number of benzene rings is 2. The van der Waals surface area contributed by atoms with E-state index in [9.17, 15) is 16.8 Å². The molecule has 0 aliphatic carbocycles. The third kappa shape index (κ3) is 7.26. The van der Waals surface area contributed by atoms with Gasteiger partial charge < -0.3 is 0 Å². The Balaban J connectivity index is 0.000000263. The third-order valence-electron chi connectivity index (χ3n) is 2.88. The van der Waals surface area contributed by atoms with E-state index in [4.69, 9.17) is 16.2 Å². The standard InChI is InChI=1S/C7H6BrClO2S.C7H6BrN3O2S/c8-5-6-1-3-7(4-2-6)12(9,10)11;8-5-6-1-3-7(4-2-6)14(12,13)11-10-9/h1-4H,5H2;1-4H,5H2. The number of azide groups is 1. The van der Waals surface area contributed by atoms with Crippen LogP contribution in [0.15, 0.2) is 62.8 Å². The van der Waals surface area contributed by atoms with Crippen LogP contribution in [-0.2, 0) is 29.7 Å². The van der Waals surface area contributed by atoms with Crippen LogP contribution in [0.25, 0.3) is 10.4 Å². The second kappa shape index (κ2) is 10.3. The first kappa shape index (κ1) is 22.9. The number of rotatable bonds is 5. The fourth-order valence-electron chi connectivity index (χ4n) is 1.59. The lowest BCUT2D eigenvalue weighted by molar-refractivity contribution is 0.597. The molecule has 2 rings (SSSR count). The normalized spacial score (nSPS) is 11.0. The van der Waals surface area contributed by atoms with E-state index in [2.05, 4.69) is 41.3 Å². The Hall–Kier alpha value is -1.10. The van der Waals surface area contributed by atoms with E-state index in [1.807, 2.05) is 0 Å². The van der Waals surface area contributed by atoms with Crippen LogP contribution < -0.4 is 0 Å². The summed E-state index contributed by atoms with van der Waals surface area (Å²) in [6, 6.07) is 12.5. The minimum Gasteiger partial charge on any atom is -0.216 e. The Labute approximate surface area is 172 Å². The molecule has 26 heavy (non-hydrogen) atoms. The van der Waals surface area contributed by atoms with Gasteiger partial charge >= 0.3 is 0 Å². The number of hydrogen-bond donors (Lipinski definition) is 0. The maximum atomic E-state index is 11.2. The van der Waals surface area contributed by atoms with Crippen molar-refractivity contribution >= 4 is 61.6 Å². The van der Waals surface area contributed by atoms with E-state index in [0.717, 1.165) is 11.1 Å². The van der Waals surface area contributed by atoms with Crippen molar-refractivity contribution in [2.45, 2.75) is 20.5 Å². The highest BCUT2D eigenvalue weighted by Crippen LogP contribution is 2.16. The molecular formula is C14H12Br2ClN3O4S2. The molecule has 0 heterocycles. The van der Waals surface area contributed by atoms with Crippen LogP contribution >= 0.6 is 42.5 Å². The first-order valence-electron chi connectivity index (χ1n) is 6.70. The zero-order valence-corrected chi connectivity index (χ0v) is 18.5. The quantitative estimate of drug-likeness (QED) is 0.171. The molecule has 7 nitrogen and oxygen atoms in total. The van der Waals surface area contributed by atoms with E-state index >= 15 is 0 Å². The number of alkyl halides is 2. The van der Waals surface area contributed by atoms with Crippen molar-refractivity contribution in [3.8, 4) is 0 Å². The average Bonchev–Trinajstić information content (AvgIpc) is 2.61. The molecule has 0 bridgehead atoms. The van der Waals surface area contributed by atoms with Crippen LogP contribution in [0.4, 0.5) is 0 Å². The van der Waals surface area contributed by atoms with Crippen LogP contribution in [0, 0.1) is 0 Å². The van der Waals surface area contributed by atoms with Gasteiger partial charge in [0.1, 0.15) is 0 Å². The van der Waals surface area contributed by atoms with E-state index < -0.39 is 19.1 Å². The van der Waals surface area contributed by atoms with E-state index in [0.29, 0.717) is 10.7 Å². The molecule has 0 radical (unpaired) electrons. The van der Waals surface area contributed by atoms with Gasteiger partial charge in [0.2, 0.25) is 0 Å². The Kier molecular flexibility index (Phi) is 9.08. The lowest BCUT2D eigenvalue weighted by Crippen LogP contribution is -1.94. The van der Waals surface area contributed by atoms with Crippen LogP contribution in [0.5, 0.6) is 0 Å². The average molecular weight is 546 g/mol. The highest BCUT2D eigenvalue weighted by Gasteiger charge is 2.10. The van der Waals surface area contributed by atoms with Gasteiger partial charge in [-0.25, -0.2) is 16.8 Å². The predicted octanol–water partition coefficient (Wildman–Crippen LogP) is 5.09. The molecule has 140 valence electrons. The number of sulfonamides is 1. The summed E-state index contributed by atoms with van der Waals surface area (Å²) < 4.78 is 46.7. The number of hydrogen-bond acceptors (Lipinski definition) is 4. The van der Waals surface area contributed by atoms with E-state index in [-0.39, 0.29) is 9.79 Å². The van der Waals surface area contributed by atoms with Crippen molar-refractivity contribution in [3.05, 3.63) is 70.1 Å². The van der Waals surface area contributed by atoms with E-state index in [1.54, 1.807) is 24.3 Å². The molecule has 0 aromatic heterocycles. The molecule has 0 unspecified atom stereocenters. The highest BCUT2D eigenvalue weighted by molar-refractivity contribution is 9.08. The molecule has 0 aliphatic rings. The first-order valence-corrected chi connectivity index (χ1v) is 12.7. The van der Waals surface area contributed by atoms with E-state index in [1.165, 1.54) is 24.3 Å². The Morgan fingerprint density at radius 2 is 1.23 bits per heavy atom. The largest absolute Gasteiger partial charge is 0.264 e. The molecule has 2 aromatic rings. The lowest BCUT2D eigenvalue weighted by Gasteiger charge is -1.98. The van der Waals surface area contributed by atoms with Crippen molar-refractivity contribution in [2.75, 3.05) is 0 Å². The minimum absolute atomic E-state index is 0.000000000000000444. The van der Waals surface area contributed by atoms with Gasteiger partial charge in [0.25, 0.3) is 19.1 Å². The SMILES string of the molecule is O=S(=O)(Cl)c1ccc(CBr)cc1.[N-]=[N+]=NS(=O)(=O)c1ccc(CBr)cc1. The first-order chi connectivity index (χ1) is 12.1. The van der Waals surface area contributed by atoms with Gasteiger partial charge in [-0.2, -0.15) is 0 Å². The Bertz CT molecular complexity index is 989. The maximum Gasteiger partial charge on any atom is 0.264 e. The molecule has 0 atom stereocenters. The van der Waals surface area contributed by atoms with Crippen LogP contribution in [0.3, 0.4) is 0 Å². The topological polar surface area (TPSA) is 117 Å². The van der Waals surface area contributed by atoms with Gasteiger partial charge in [0, 0.05) is 30.8 Å². The fourth-order valence-corrected chi connectivity index (χ4v) is 3.77. The summed E-state index contributed by atoms with van der Waals surface area (Å²) in [5.74, 6) is 0. The molecular weight excluding hydrogens is 534 g/mol. The summed E-state index contributed by atoms with van der Waals surface area (Å²) in [5, 5.41) is 1.35. The predicted molar refractivity (Wildman–Crippen MR) is 108 cm³/mol. The van der Waals surface area contributed by atoms with Gasteiger partial charge in [0.15, 0.2) is 0 Å². The second-order valence-corrected chi connectivity index (χ2v) is 9.91. The molecule has 0 saturated heterocycles. The summed E-state index contributed by atoms with van der Waals surface area (Å²) in [6.07, 6.45) is 0. The summed E-state index contributed by atoms with van der Waals surface area (Å²) in [7, 11) is -2.30. The molecule has 0 spiro atoms. The molecule has 0 fully saturated rings. The molecule has 0 aliphatic heterocycles. The molecule has 12 heteroatoms. The summed E-state index contributed by atoms with van der Waals surface area (Å²) >= 11 is 6.48. The summed E-state index contributed by atoms with van der Waals surface area (Å²) in [5.41, 5.74) is 10.00. The molecule has 2 aromatic carbocycles. The fraction of sp³-hybridized carbons (Fsp3) is 0.143. The van der Waals surface area contributed by atoms with Crippen molar-refractivity contribution in [1.29, 1.82) is 0 Å². The third-order valence-corrected chi connectivity index (χ3v) is 6.70. The second-order valence-electron chi connectivity index (χ2n) is 4.64. The smallest absolute Gasteiger partial charge is 0.216 e. The Morgan fingerprint density at radius 3 is 1.54 bits per heavy atom. The Morgan fingerprint density at radius 1 is 0.846 bits per heavy atom. The van der Waals surface area contributed by atoms with Gasteiger partial charge in [-0.3, -0.25) is 0 Å². The molecule has 0 saturated carbocycles. The van der Waals surface area contributed by atoms with Crippen LogP contribution in [0.1, 0.15) is 11.1 Å². The van der Waals surface area contributed by atoms with Crippen LogP contribution in [0.2, 0.25) is 0 Å².